The van der Waals surface area contributed by atoms with Crippen LogP contribution < -0.4 is 4.74 Å². The van der Waals surface area contributed by atoms with Gasteiger partial charge in [-0.05, 0) is 49.1 Å². The predicted molar refractivity (Wildman–Crippen MR) is 128 cm³/mol. The maximum absolute atomic E-state index is 12.6. The highest BCUT2D eigenvalue weighted by Gasteiger charge is 2.23. The molecule has 0 unspecified atom stereocenters. The summed E-state index contributed by atoms with van der Waals surface area (Å²) in [5.74, 6) is 0.386. The number of benzene rings is 2. The van der Waals surface area contributed by atoms with Crippen LogP contribution in [0.5, 0.6) is 5.75 Å². The quantitative estimate of drug-likeness (QED) is 0.215. The van der Waals surface area contributed by atoms with E-state index in [2.05, 4.69) is 19.9 Å². The highest BCUT2D eigenvalue weighted by molar-refractivity contribution is 5.91. The van der Waals surface area contributed by atoms with Crippen molar-refractivity contribution in [1.82, 2.24) is 0 Å². The fourth-order valence-corrected chi connectivity index (χ4v) is 4.03. The summed E-state index contributed by atoms with van der Waals surface area (Å²) >= 11 is 0. The topological polar surface area (TPSA) is 68.6 Å². The van der Waals surface area contributed by atoms with Crippen molar-refractivity contribution in [3.05, 3.63) is 64.7 Å². The van der Waals surface area contributed by atoms with Crippen molar-refractivity contribution in [2.75, 3.05) is 13.2 Å². The lowest BCUT2D eigenvalue weighted by atomic mass is 10.0. The molecule has 0 aromatic heterocycles. The summed E-state index contributed by atoms with van der Waals surface area (Å²) in [5, 5.41) is 9.46. The largest absolute Gasteiger partial charge is 0.423 e. The summed E-state index contributed by atoms with van der Waals surface area (Å²) in [6, 6.07) is 14.6. The molecule has 0 amide bonds. The van der Waals surface area contributed by atoms with Crippen molar-refractivity contribution in [3.8, 4) is 11.8 Å². The number of nitriles is 1. The van der Waals surface area contributed by atoms with Crippen LogP contribution in [0.2, 0.25) is 0 Å². The number of carbonyl (C=O) groups excluding carboxylic acids is 1. The molecule has 0 N–H and O–H groups in total. The third kappa shape index (κ3) is 7.42. The van der Waals surface area contributed by atoms with Crippen LogP contribution in [0.15, 0.2) is 42.5 Å². The van der Waals surface area contributed by atoms with E-state index in [4.69, 9.17) is 14.2 Å². The first-order valence-electron chi connectivity index (χ1n) is 12.2. The molecule has 176 valence electrons. The first kappa shape index (κ1) is 25.0. The number of nitrogens with zero attached hydrogens (tertiary/aromatic N) is 1. The van der Waals surface area contributed by atoms with Crippen LogP contribution in [-0.2, 0) is 15.9 Å². The first-order valence-corrected chi connectivity index (χ1v) is 12.2. The van der Waals surface area contributed by atoms with Crippen LogP contribution in [0.4, 0.5) is 0 Å². The van der Waals surface area contributed by atoms with Crippen molar-refractivity contribution in [2.24, 2.45) is 5.92 Å². The standard InChI is InChI=1S/C28H35NO4/c1-3-5-7-9-21-19-31-28(32-20-21)24-13-11-23(12-14-24)27(30)33-26-16-15-22(10-8-6-4-2)25(17-26)18-29/h11-17,21,28H,3-10,19-20H2,1-2H3. The number of hydrogen-bond acceptors (Lipinski definition) is 5. The Bertz CT molecular complexity index is 924. The Hall–Kier alpha value is -2.68. The SMILES string of the molecule is CCCCCc1ccc(OC(=O)c2ccc(C3OCC(CCCCC)CO3)cc2)cc1C#N. The molecule has 0 radical (unpaired) electrons. The molecule has 1 heterocycles. The van der Waals surface area contributed by atoms with Crippen LogP contribution >= 0.6 is 0 Å². The third-order valence-electron chi connectivity index (χ3n) is 6.06. The molecule has 33 heavy (non-hydrogen) atoms. The Balaban J connectivity index is 1.54. The van der Waals surface area contributed by atoms with Crippen molar-refractivity contribution in [3.63, 3.8) is 0 Å². The van der Waals surface area contributed by atoms with Gasteiger partial charge < -0.3 is 14.2 Å². The Labute approximate surface area is 197 Å². The predicted octanol–water partition coefficient (Wildman–Crippen LogP) is 6.75. The maximum atomic E-state index is 12.6. The van der Waals surface area contributed by atoms with Gasteiger partial charge in [-0.25, -0.2) is 4.79 Å². The zero-order valence-electron chi connectivity index (χ0n) is 19.8. The van der Waals surface area contributed by atoms with Gasteiger partial charge in [0.05, 0.1) is 30.4 Å². The molecule has 2 aromatic carbocycles. The van der Waals surface area contributed by atoms with Gasteiger partial charge in [-0.3, -0.25) is 0 Å². The molecule has 2 aromatic rings. The maximum Gasteiger partial charge on any atom is 0.343 e. The Kier molecular flexibility index (Phi) is 9.93. The van der Waals surface area contributed by atoms with E-state index in [1.165, 1.54) is 19.3 Å². The van der Waals surface area contributed by atoms with Crippen molar-refractivity contribution in [1.29, 1.82) is 5.26 Å². The lowest BCUT2D eigenvalue weighted by Crippen LogP contribution is -2.27. The molecule has 3 rings (SSSR count). The summed E-state index contributed by atoms with van der Waals surface area (Å²) in [6.45, 7) is 5.76. The molecular formula is C28H35NO4. The number of unbranched alkanes of at least 4 members (excludes halogenated alkanes) is 4. The second-order valence-electron chi connectivity index (χ2n) is 8.76. The summed E-state index contributed by atoms with van der Waals surface area (Å²) in [6.07, 6.45) is 8.60. The third-order valence-corrected chi connectivity index (χ3v) is 6.06. The molecule has 0 bridgehead atoms. The van der Waals surface area contributed by atoms with Crippen LogP contribution in [0.1, 0.15) is 92.1 Å². The Morgan fingerprint density at radius 2 is 1.70 bits per heavy atom. The minimum Gasteiger partial charge on any atom is -0.423 e. The Morgan fingerprint density at radius 1 is 1.00 bits per heavy atom. The molecule has 5 heteroatoms. The highest BCUT2D eigenvalue weighted by Crippen LogP contribution is 2.28. The zero-order chi connectivity index (χ0) is 23.5. The number of rotatable bonds is 11. The van der Waals surface area contributed by atoms with E-state index < -0.39 is 12.3 Å². The first-order chi connectivity index (χ1) is 16.1. The fourth-order valence-electron chi connectivity index (χ4n) is 4.03. The highest BCUT2D eigenvalue weighted by atomic mass is 16.7. The van der Waals surface area contributed by atoms with Gasteiger partial charge in [-0.2, -0.15) is 5.26 Å². The van der Waals surface area contributed by atoms with Crippen molar-refractivity contribution in [2.45, 2.75) is 71.5 Å². The van der Waals surface area contributed by atoms with E-state index in [0.717, 1.165) is 43.2 Å². The molecular weight excluding hydrogens is 414 g/mol. The number of carbonyl (C=O) groups is 1. The Morgan fingerprint density at radius 3 is 2.36 bits per heavy atom. The summed E-state index contributed by atoms with van der Waals surface area (Å²) in [7, 11) is 0. The molecule has 1 aliphatic rings. The molecule has 0 aliphatic carbocycles. The van der Waals surface area contributed by atoms with Crippen LogP contribution in [0, 0.1) is 17.2 Å². The van der Waals surface area contributed by atoms with Crippen molar-refractivity contribution < 1.29 is 19.0 Å². The second kappa shape index (κ2) is 13.1. The van der Waals surface area contributed by atoms with E-state index >= 15 is 0 Å². The van der Waals surface area contributed by atoms with Crippen LogP contribution in [0.3, 0.4) is 0 Å². The molecule has 1 saturated heterocycles. The van der Waals surface area contributed by atoms with E-state index in [9.17, 15) is 10.1 Å². The minimum atomic E-state index is -0.453. The molecule has 0 atom stereocenters. The lowest BCUT2D eigenvalue weighted by molar-refractivity contribution is -0.206. The van der Waals surface area contributed by atoms with Crippen LogP contribution in [-0.4, -0.2) is 19.2 Å². The van der Waals surface area contributed by atoms with Gasteiger partial charge in [0.2, 0.25) is 0 Å². The lowest BCUT2D eigenvalue weighted by Gasteiger charge is -2.29. The van der Waals surface area contributed by atoms with E-state index in [1.54, 1.807) is 24.3 Å². The number of ether oxygens (including phenoxy) is 3. The molecule has 5 nitrogen and oxygen atoms in total. The molecule has 1 aliphatic heterocycles. The summed E-state index contributed by atoms with van der Waals surface area (Å²) in [4.78, 5) is 12.6. The van der Waals surface area contributed by atoms with Crippen molar-refractivity contribution >= 4 is 5.97 Å². The number of aryl methyl sites for hydroxylation is 1. The van der Waals surface area contributed by atoms with Gasteiger partial charge in [0, 0.05) is 11.5 Å². The van der Waals surface area contributed by atoms with E-state index in [-0.39, 0.29) is 0 Å². The number of esters is 1. The van der Waals surface area contributed by atoms with E-state index in [0.29, 0.717) is 36.0 Å². The normalized spacial score (nSPS) is 18.0. The monoisotopic (exact) mass is 449 g/mol. The fraction of sp³-hybridized carbons (Fsp3) is 0.500. The summed E-state index contributed by atoms with van der Waals surface area (Å²) < 4.78 is 17.3. The van der Waals surface area contributed by atoms with Crippen LogP contribution in [0.25, 0.3) is 0 Å². The van der Waals surface area contributed by atoms with Gasteiger partial charge in [-0.1, -0.05) is 64.2 Å². The smallest absolute Gasteiger partial charge is 0.343 e. The van der Waals surface area contributed by atoms with Gasteiger partial charge in [0.25, 0.3) is 0 Å². The van der Waals surface area contributed by atoms with Gasteiger partial charge in [0.1, 0.15) is 5.75 Å². The second-order valence-corrected chi connectivity index (χ2v) is 8.76. The van der Waals surface area contributed by atoms with E-state index in [1.807, 2.05) is 18.2 Å². The van der Waals surface area contributed by atoms with Gasteiger partial charge >= 0.3 is 5.97 Å². The average molecular weight is 450 g/mol. The zero-order valence-corrected chi connectivity index (χ0v) is 19.8. The average Bonchev–Trinajstić information content (AvgIpc) is 2.85. The molecule has 0 spiro atoms. The number of hydrogen-bond donors (Lipinski definition) is 0. The molecule has 1 fully saturated rings. The molecule has 0 saturated carbocycles. The van der Waals surface area contributed by atoms with Gasteiger partial charge in [0.15, 0.2) is 6.29 Å². The minimum absolute atomic E-state index is 0.382. The summed E-state index contributed by atoms with van der Waals surface area (Å²) in [5.41, 5.74) is 2.89. The van der Waals surface area contributed by atoms with Gasteiger partial charge in [-0.15, -0.1) is 0 Å².